The Morgan fingerprint density at radius 1 is 0.736 bits per heavy atom. The molecule has 8 heterocycles. The molecule has 0 bridgehead atoms. The first-order valence-electron chi connectivity index (χ1n) is 18.7. The fraction of sp³-hybridized carbons (Fsp3) is 0.459. The Kier molecular flexibility index (Phi) is 9.57. The van der Waals surface area contributed by atoms with Crippen LogP contribution in [-0.4, -0.2) is 105 Å². The number of hydrogen-bond donors (Lipinski definition) is 5. The lowest BCUT2D eigenvalue weighted by atomic mass is 9.89. The second-order valence-corrected chi connectivity index (χ2v) is 14.3. The summed E-state index contributed by atoms with van der Waals surface area (Å²) in [6.07, 6.45) is 15.3. The van der Waals surface area contributed by atoms with Gasteiger partial charge in [0.1, 0.15) is 6.10 Å². The van der Waals surface area contributed by atoms with E-state index in [0.717, 1.165) is 91.3 Å². The van der Waals surface area contributed by atoms with Crippen molar-refractivity contribution in [1.82, 2.24) is 59.8 Å². The molecule has 6 aromatic rings. The van der Waals surface area contributed by atoms with Crippen LogP contribution in [0.3, 0.4) is 0 Å². The highest BCUT2D eigenvalue weighted by molar-refractivity contribution is 5.60. The van der Waals surface area contributed by atoms with E-state index in [-0.39, 0.29) is 12.0 Å². The lowest BCUT2D eigenvalue weighted by molar-refractivity contribution is -0.00495. The van der Waals surface area contributed by atoms with Gasteiger partial charge in [0, 0.05) is 74.5 Å². The lowest BCUT2D eigenvalue weighted by Crippen LogP contribution is -2.45. The van der Waals surface area contributed by atoms with Gasteiger partial charge in [-0.1, -0.05) is 0 Å². The maximum atomic E-state index is 10.5. The molecule has 16 nitrogen and oxygen atoms in total. The molecule has 0 radical (unpaired) electrons. The summed E-state index contributed by atoms with van der Waals surface area (Å²) >= 11 is 0. The summed E-state index contributed by atoms with van der Waals surface area (Å²) in [6, 6.07) is 12.5. The summed E-state index contributed by atoms with van der Waals surface area (Å²) in [4.78, 5) is 28.6. The summed E-state index contributed by atoms with van der Waals surface area (Å²) in [5.41, 5.74) is 5.41. The number of nitrogens with one attached hydrogen (secondary N) is 4. The van der Waals surface area contributed by atoms with Crippen LogP contribution in [-0.2, 0) is 4.74 Å². The van der Waals surface area contributed by atoms with Crippen molar-refractivity contribution in [2.45, 2.75) is 75.3 Å². The van der Waals surface area contributed by atoms with Gasteiger partial charge in [-0.2, -0.15) is 10.2 Å². The van der Waals surface area contributed by atoms with E-state index in [0.29, 0.717) is 49.7 Å². The van der Waals surface area contributed by atoms with Crippen molar-refractivity contribution in [2.75, 3.05) is 36.9 Å². The number of β-amino-alcohol motifs (C(OH)–C–C–N with tert-alkyl or cyclic N) is 1. The van der Waals surface area contributed by atoms with Crippen molar-refractivity contribution in [2.24, 2.45) is 5.92 Å². The van der Waals surface area contributed by atoms with Gasteiger partial charge < -0.3 is 31.1 Å². The molecule has 9 rings (SSSR count). The SMILES string of the molecule is O[C@@H]1CNCC[C@H]1CNc1nc(-c2ccn3nccc3n2)cc(C2CC(NC3CCC(Nc4nccc(-c5ccn6nccc6n5)n4)CC3)CCO2)n1. The third-order valence-corrected chi connectivity index (χ3v) is 10.7. The molecule has 5 N–H and O–H groups in total. The van der Waals surface area contributed by atoms with Crippen LogP contribution in [0.25, 0.3) is 34.1 Å². The number of piperidine rings is 1. The van der Waals surface area contributed by atoms with Gasteiger partial charge in [-0.15, -0.1) is 0 Å². The minimum atomic E-state index is -0.407. The highest BCUT2D eigenvalue weighted by Crippen LogP contribution is 2.32. The topological polar surface area (TPSA) is 190 Å². The zero-order valence-corrected chi connectivity index (χ0v) is 29.4. The lowest BCUT2D eigenvalue weighted by Gasteiger charge is -2.36. The van der Waals surface area contributed by atoms with Crippen LogP contribution in [0.2, 0.25) is 0 Å². The van der Waals surface area contributed by atoms with Crippen molar-refractivity contribution in [3.8, 4) is 22.8 Å². The molecule has 0 spiro atoms. The van der Waals surface area contributed by atoms with E-state index in [9.17, 15) is 5.11 Å². The molecule has 4 atom stereocenters. The molecular formula is C37H44N14O2. The third kappa shape index (κ3) is 7.67. The Morgan fingerprint density at radius 3 is 2.23 bits per heavy atom. The average molecular weight is 717 g/mol. The second kappa shape index (κ2) is 15.1. The molecule has 274 valence electrons. The van der Waals surface area contributed by atoms with E-state index in [1.165, 1.54) is 0 Å². The van der Waals surface area contributed by atoms with Crippen molar-refractivity contribution in [3.63, 3.8) is 0 Å². The highest BCUT2D eigenvalue weighted by Gasteiger charge is 2.30. The van der Waals surface area contributed by atoms with Crippen LogP contribution in [0.4, 0.5) is 11.9 Å². The molecule has 2 unspecified atom stereocenters. The van der Waals surface area contributed by atoms with E-state index in [1.807, 2.05) is 48.8 Å². The second-order valence-electron chi connectivity index (χ2n) is 14.3. The van der Waals surface area contributed by atoms with Crippen molar-refractivity contribution in [1.29, 1.82) is 0 Å². The molecular weight excluding hydrogens is 673 g/mol. The van der Waals surface area contributed by atoms with Crippen LogP contribution >= 0.6 is 0 Å². The molecule has 3 aliphatic rings. The van der Waals surface area contributed by atoms with Crippen LogP contribution in [0.15, 0.2) is 67.4 Å². The molecule has 2 saturated heterocycles. The Hall–Kier alpha value is -5.16. The van der Waals surface area contributed by atoms with Gasteiger partial charge >= 0.3 is 0 Å². The van der Waals surface area contributed by atoms with E-state index < -0.39 is 6.10 Å². The van der Waals surface area contributed by atoms with Gasteiger partial charge in [0.15, 0.2) is 11.3 Å². The minimum Gasteiger partial charge on any atom is -0.391 e. The van der Waals surface area contributed by atoms with Crippen molar-refractivity contribution < 1.29 is 9.84 Å². The summed E-state index contributed by atoms with van der Waals surface area (Å²) in [5.74, 6) is 1.27. The number of rotatable bonds is 10. The van der Waals surface area contributed by atoms with E-state index >= 15 is 0 Å². The Bertz CT molecular complexity index is 2160. The van der Waals surface area contributed by atoms with Gasteiger partial charge in [0.05, 0.1) is 47.0 Å². The number of ether oxygens (including phenoxy) is 1. The minimum absolute atomic E-state index is 0.122. The monoisotopic (exact) mass is 716 g/mol. The summed E-state index contributed by atoms with van der Waals surface area (Å²) in [5, 5.41) is 33.3. The maximum Gasteiger partial charge on any atom is 0.223 e. The van der Waals surface area contributed by atoms with Gasteiger partial charge in [0.25, 0.3) is 0 Å². The van der Waals surface area contributed by atoms with Crippen LogP contribution in [0, 0.1) is 5.92 Å². The normalized spacial score (nSPS) is 25.1. The number of nitrogens with zero attached hydrogens (tertiary/aromatic N) is 10. The molecule has 0 amide bonds. The van der Waals surface area contributed by atoms with Crippen molar-refractivity contribution in [3.05, 3.63) is 73.1 Å². The predicted molar refractivity (Wildman–Crippen MR) is 198 cm³/mol. The van der Waals surface area contributed by atoms with E-state index in [1.54, 1.807) is 27.6 Å². The molecule has 2 aliphatic heterocycles. The van der Waals surface area contributed by atoms with Gasteiger partial charge in [-0.05, 0) is 75.8 Å². The number of aliphatic hydroxyl groups excluding tert-OH is 1. The number of fused-ring (bicyclic) bond motifs is 2. The van der Waals surface area contributed by atoms with Crippen LogP contribution in [0.1, 0.15) is 56.7 Å². The zero-order valence-electron chi connectivity index (χ0n) is 29.4. The Balaban J connectivity index is 0.839. The first-order valence-corrected chi connectivity index (χ1v) is 18.7. The maximum absolute atomic E-state index is 10.5. The summed E-state index contributed by atoms with van der Waals surface area (Å²) in [7, 11) is 0. The standard InChI is InChI=1S/C37H44N14O2/c52-32-22-38-12-5-23(32)21-40-37-48-30(29-10-17-51-35(46-29)8-15-42-51)20-31(49-37)33-19-26(11-18-53-33)43-24-1-3-25(4-2-24)44-36-39-13-6-27(47-36)28-9-16-50-34(45-28)7-14-41-50/h6-10,13-17,20,23-26,32-33,38,43,52H,1-5,11-12,18-19,21-22H2,(H,39,44,47)(H,40,48,49)/t23-,24?,25?,26?,32+,33?/m0/s1. The zero-order chi connectivity index (χ0) is 35.6. The number of aromatic nitrogens is 10. The molecule has 6 aromatic heterocycles. The molecule has 3 fully saturated rings. The summed E-state index contributed by atoms with van der Waals surface area (Å²) < 4.78 is 9.84. The largest absolute Gasteiger partial charge is 0.391 e. The summed E-state index contributed by atoms with van der Waals surface area (Å²) in [6.45, 7) is 2.73. The molecule has 0 aromatic carbocycles. The smallest absolute Gasteiger partial charge is 0.223 e. The van der Waals surface area contributed by atoms with Crippen molar-refractivity contribution >= 4 is 23.2 Å². The fourth-order valence-corrected chi connectivity index (χ4v) is 7.75. The van der Waals surface area contributed by atoms with Gasteiger partial charge in [0.2, 0.25) is 11.9 Å². The molecule has 16 heteroatoms. The van der Waals surface area contributed by atoms with E-state index in [4.69, 9.17) is 24.7 Å². The average Bonchev–Trinajstić information content (AvgIpc) is 3.88. The van der Waals surface area contributed by atoms with Gasteiger partial charge in [-0.3, -0.25) is 0 Å². The first-order chi connectivity index (χ1) is 26.1. The molecule has 53 heavy (non-hydrogen) atoms. The Labute approximate surface area is 306 Å². The van der Waals surface area contributed by atoms with Gasteiger partial charge in [-0.25, -0.2) is 38.9 Å². The molecule has 1 saturated carbocycles. The number of hydrogen-bond acceptors (Lipinski definition) is 14. The quantitative estimate of drug-likeness (QED) is 0.139. The first kappa shape index (κ1) is 33.7. The highest BCUT2D eigenvalue weighted by atomic mass is 16.5. The van der Waals surface area contributed by atoms with Crippen LogP contribution < -0.4 is 21.3 Å². The third-order valence-electron chi connectivity index (χ3n) is 10.7. The van der Waals surface area contributed by atoms with E-state index in [2.05, 4.69) is 41.4 Å². The number of aliphatic hydroxyl groups is 1. The Morgan fingerprint density at radius 2 is 1.45 bits per heavy atom. The fourth-order valence-electron chi connectivity index (χ4n) is 7.75. The predicted octanol–water partition coefficient (Wildman–Crippen LogP) is 3.30. The number of anilines is 2. The molecule has 1 aliphatic carbocycles. The van der Waals surface area contributed by atoms with Crippen LogP contribution in [0.5, 0.6) is 0 Å².